The zero-order chi connectivity index (χ0) is 28.7. The Labute approximate surface area is 226 Å². The zero-order valence-electron chi connectivity index (χ0n) is 22.1. The van der Waals surface area contributed by atoms with Crippen molar-refractivity contribution in [2.75, 3.05) is 26.2 Å². The van der Waals surface area contributed by atoms with Crippen LogP contribution >= 0.6 is 0 Å². The molecule has 0 aliphatic carbocycles. The maximum absolute atomic E-state index is 12.3. The van der Waals surface area contributed by atoms with Gasteiger partial charge in [0, 0.05) is 36.6 Å². The minimum Gasteiger partial charge on any atom is -0.491 e. The first-order chi connectivity index (χ1) is 18.5. The minimum absolute atomic E-state index is 0.120. The SMILES string of the molecule is CC1=C(C(=O)O)C(c2cccc([N+](=O)[O-])c2)C(C(=O)O)=C(C)N1CCCNCC(O)COc1cccc(C)c1. The van der Waals surface area contributed by atoms with Crippen molar-refractivity contribution in [3.63, 3.8) is 0 Å². The average molecular weight is 540 g/mol. The molecule has 1 aliphatic heterocycles. The number of allylic oxidation sites excluding steroid dienone is 2. The van der Waals surface area contributed by atoms with Crippen molar-refractivity contribution in [2.24, 2.45) is 0 Å². The summed E-state index contributed by atoms with van der Waals surface area (Å²) in [6.07, 6.45) is -0.210. The molecule has 1 aliphatic rings. The average Bonchev–Trinajstić information content (AvgIpc) is 2.88. The highest BCUT2D eigenvalue weighted by Crippen LogP contribution is 2.42. The fourth-order valence-corrected chi connectivity index (χ4v) is 4.73. The lowest BCUT2D eigenvalue weighted by Gasteiger charge is -2.37. The van der Waals surface area contributed by atoms with E-state index < -0.39 is 28.9 Å². The van der Waals surface area contributed by atoms with Crippen molar-refractivity contribution in [2.45, 2.75) is 39.2 Å². The molecule has 3 rings (SSSR count). The molecule has 0 radical (unpaired) electrons. The van der Waals surface area contributed by atoms with E-state index in [-0.39, 0.29) is 35.5 Å². The Morgan fingerprint density at radius 2 is 1.69 bits per heavy atom. The Balaban J connectivity index is 1.68. The predicted octanol–water partition coefficient (Wildman–Crippen LogP) is 3.44. The molecule has 1 atom stereocenters. The largest absolute Gasteiger partial charge is 0.491 e. The topological polar surface area (TPSA) is 162 Å². The summed E-state index contributed by atoms with van der Waals surface area (Å²) in [7, 11) is 0. The van der Waals surface area contributed by atoms with E-state index in [1.54, 1.807) is 18.7 Å². The standard InChI is InChI=1S/C28H33N3O8/c1-17-7-4-10-23(13-17)39-16-22(32)15-29-11-6-12-30-18(2)24(27(33)34)26(25(19(30)3)28(35)36)20-8-5-9-21(14-20)31(37)38/h4-5,7-10,13-14,22,26,29,32H,6,11-12,15-16H2,1-3H3,(H,33,34)(H,35,36). The van der Waals surface area contributed by atoms with Crippen LogP contribution in [0, 0.1) is 17.0 Å². The van der Waals surface area contributed by atoms with Gasteiger partial charge in [-0.2, -0.15) is 0 Å². The molecule has 11 nitrogen and oxygen atoms in total. The summed E-state index contributed by atoms with van der Waals surface area (Å²) in [4.78, 5) is 37.0. The van der Waals surface area contributed by atoms with Gasteiger partial charge in [-0.1, -0.05) is 24.3 Å². The van der Waals surface area contributed by atoms with Crippen LogP contribution in [0.15, 0.2) is 71.1 Å². The number of aliphatic carboxylic acids is 2. The summed E-state index contributed by atoms with van der Waals surface area (Å²) in [5, 5.41) is 44.7. The summed E-state index contributed by atoms with van der Waals surface area (Å²) in [5.74, 6) is -3.08. The highest BCUT2D eigenvalue weighted by atomic mass is 16.6. The molecule has 0 bridgehead atoms. The Hall–Kier alpha value is -4.22. The first-order valence-electron chi connectivity index (χ1n) is 12.5. The second kappa shape index (κ2) is 13.0. The zero-order valence-corrected chi connectivity index (χ0v) is 22.1. The molecule has 208 valence electrons. The van der Waals surface area contributed by atoms with Gasteiger partial charge in [-0.25, -0.2) is 9.59 Å². The number of aryl methyl sites for hydroxylation is 1. The number of nitrogens with one attached hydrogen (secondary N) is 1. The molecule has 0 saturated carbocycles. The second-order valence-corrected chi connectivity index (χ2v) is 9.38. The Bertz CT molecular complexity index is 1270. The smallest absolute Gasteiger partial charge is 0.334 e. The number of hydrogen-bond acceptors (Lipinski definition) is 8. The number of aliphatic hydroxyl groups excluding tert-OH is 1. The fraction of sp³-hybridized carbons (Fsp3) is 0.357. The van der Waals surface area contributed by atoms with Gasteiger partial charge in [0.05, 0.1) is 22.0 Å². The van der Waals surface area contributed by atoms with E-state index >= 15 is 0 Å². The second-order valence-electron chi connectivity index (χ2n) is 9.38. The van der Waals surface area contributed by atoms with Crippen LogP contribution in [0.3, 0.4) is 0 Å². The quantitative estimate of drug-likeness (QED) is 0.168. The maximum atomic E-state index is 12.3. The predicted molar refractivity (Wildman–Crippen MR) is 143 cm³/mol. The van der Waals surface area contributed by atoms with Gasteiger partial charge in [0.15, 0.2) is 0 Å². The van der Waals surface area contributed by atoms with E-state index in [4.69, 9.17) is 4.74 Å². The fourth-order valence-electron chi connectivity index (χ4n) is 4.73. The Morgan fingerprint density at radius 3 is 2.28 bits per heavy atom. The highest BCUT2D eigenvalue weighted by Gasteiger charge is 2.39. The number of carboxylic acids is 2. The lowest BCUT2D eigenvalue weighted by atomic mass is 9.79. The van der Waals surface area contributed by atoms with Crippen molar-refractivity contribution < 1.29 is 34.6 Å². The van der Waals surface area contributed by atoms with E-state index in [9.17, 15) is 35.0 Å². The summed E-state index contributed by atoms with van der Waals surface area (Å²) < 4.78 is 5.61. The molecule has 1 heterocycles. The van der Waals surface area contributed by atoms with Gasteiger partial charge >= 0.3 is 11.9 Å². The third-order valence-corrected chi connectivity index (χ3v) is 6.59. The summed E-state index contributed by atoms with van der Waals surface area (Å²) >= 11 is 0. The Morgan fingerprint density at radius 1 is 1.05 bits per heavy atom. The van der Waals surface area contributed by atoms with Gasteiger partial charge in [-0.15, -0.1) is 0 Å². The van der Waals surface area contributed by atoms with E-state index in [0.29, 0.717) is 36.7 Å². The van der Waals surface area contributed by atoms with E-state index in [0.717, 1.165) is 5.56 Å². The number of benzene rings is 2. The van der Waals surface area contributed by atoms with Gasteiger partial charge in [-0.05, 0) is 57.0 Å². The molecule has 2 aromatic rings. The lowest BCUT2D eigenvalue weighted by molar-refractivity contribution is -0.384. The van der Waals surface area contributed by atoms with Crippen molar-refractivity contribution >= 4 is 17.6 Å². The van der Waals surface area contributed by atoms with E-state index in [1.807, 2.05) is 31.2 Å². The molecular formula is C28H33N3O8. The summed E-state index contributed by atoms with van der Waals surface area (Å²) in [6.45, 7) is 6.38. The first-order valence-corrected chi connectivity index (χ1v) is 12.5. The highest BCUT2D eigenvalue weighted by molar-refractivity contribution is 5.98. The van der Waals surface area contributed by atoms with Crippen LogP contribution in [0.5, 0.6) is 5.75 Å². The molecule has 2 aromatic carbocycles. The number of nitro benzene ring substituents is 1. The van der Waals surface area contributed by atoms with Gasteiger partial charge in [0.2, 0.25) is 0 Å². The van der Waals surface area contributed by atoms with Crippen molar-refractivity contribution in [1.29, 1.82) is 0 Å². The summed E-state index contributed by atoms with van der Waals surface area (Å²) in [5.41, 5.74) is 1.48. The molecule has 39 heavy (non-hydrogen) atoms. The number of carbonyl (C=O) groups is 2. The van der Waals surface area contributed by atoms with Crippen molar-refractivity contribution in [3.8, 4) is 5.75 Å². The number of hydrogen-bond donors (Lipinski definition) is 4. The number of carboxylic acid groups (broad SMARTS) is 2. The molecule has 0 saturated heterocycles. The first kappa shape index (κ1) is 29.3. The van der Waals surface area contributed by atoms with Crippen molar-refractivity contribution in [3.05, 3.63) is 92.3 Å². The molecule has 0 spiro atoms. The maximum Gasteiger partial charge on any atom is 0.334 e. The van der Waals surface area contributed by atoms with Crippen LogP contribution < -0.4 is 10.1 Å². The third kappa shape index (κ3) is 7.21. The van der Waals surface area contributed by atoms with Gasteiger partial charge in [0.25, 0.3) is 5.69 Å². The van der Waals surface area contributed by atoms with Crippen LogP contribution in [-0.4, -0.2) is 69.4 Å². The molecule has 0 amide bonds. The van der Waals surface area contributed by atoms with Gasteiger partial charge in [-0.3, -0.25) is 10.1 Å². The third-order valence-electron chi connectivity index (χ3n) is 6.59. The van der Waals surface area contributed by atoms with Crippen molar-refractivity contribution in [1.82, 2.24) is 10.2 Å². The molecule has 11 heteroatoms. The van der Waals surface area contributed by atoms with Gasteiger partial charge in [0.1, 0.15) is 18.5 Å². The number of ether oxygens (including phenoxy) is 1. The molecule has 0 fully saturated rings. The van der Waals surface area contributed by atoms with Crippen LogP contribution in [0.4, 0.5) is 5.69 Å². The number of rotatable bonds is 13. The van der Waals surface area contributed by atoms with Crippen LogP contribution in [0.25, 0.3) is 0 Å². The molecular weight excluding hydrogens is 506 g/mol. The lowest BCUT2D eigenvalue weighted by Crippen LogP contribution is -2.36. The molecule has 4 N–H and O–H groups in total. The Kier molecular flexibility index (Phi) is 9.80. The normalized spacial score (nSPS) is 14.9. The number of non-ortho nitro benzene ring substituents is 1. The van der Waals surface area contributed by atoms with Crippen LogP contribution in [-0.2, 0) is 9.59 Å². The number of aliphatic hydroxyl groups is 1. The van der Waals surface area contributed by atoms with E-state index in [1.165, 1.54) is 24.3 Å². The minimum atomic E-state index is -1.30. The van der Waals surface area contributed by atoms with Gasteiger partial charge < -0.3 is 30.3 Å². The monoisotopic (exact) mass is 539 g/mol. The van der Waals surface area contributed by atoms with Crippen LogP contribution in [0.1, 0.15) is 37.3 Å². The molecule has 0 aromatic heterocycles. The molecule has 1 unspecified atom stereocenters. The number of nitro groups is 1. The number of nitrogens with zero attached hydrogens (tertiary/aromatic N) is 2. The van der Waals surface area contributed by atoms with Crippen LogP contribution in [0.2, 0.25) is 0 Å². The summed E-state index contributed by atoms with van der Waals surface area (Å²) in [6, 6.07) is 12.9. The van der Waals surface area contributed by atoms with E-state index in [2.05, 4.69) is 5.32 Å².